The first-order chi connectivity index (χ1) is 15.5. The van der Waals surface area contributed by atoms with Crippen LogP contribution in [0.25, 0.3) is 0 Å². The van der Waals surface area contributed by atoms with Gasteiger partial charge in [-0.15, -0.1) is 0 Å². The number of thioether (sulfide) groups is 1. The molecule has 2 N–H and O–H groups in total. The highest BCUT2D eigenvalue weighted by atomic mass is 32.2. The molecule has 7 heteroatoms. The first kappa shape index (κ1) is 22.2. The molecule has 0 bridgehead atoms. The second-order valence-electron chi connectivity index (χ2n) is 7.64. The van der Waals surface area contributed by atoms with E-state index >= 15 is 0 Å². The molecule has 1 aliphatic heterocycles. The maximum absolute atomic E-state index is 13.2. The second kappa shape index (κ2) is 9.63. The molecular formula is C25H24FNO4S. The zero-order chi connectivity index (χ0) is 22.7. The van der Waals surface area contributed by atoms with Gasteiger partial charge in [-0.3, -0.25) is 9.69 Å². The summed E-state index contributed by atoms with van der Waals surface area (Å²) in [6.07, 6.45) is 0.142. The van der Waals surface area contributed by atoms with E-state index in [1.807, 2.05) is 30.3 Å². The number of carbonyl (C=O) groups excluding carboxylic acids is 1. The smallest absolute Gasteiger partial charge is 0.287 e. The summed E-state index contributed by atoms with van der Waals surface area (Å²) in [7, 11) is 1.53. The number of nitrogens with zero attached hydrogens (tertiary/aromatic N) is 1. The number of aliphatic hydroxyl groups excluding tert-OH is 1. The van der Waals surface area contributed by atoms with E-state index < -0.39 is 12.1 Å². The Balaban J connectivity index is 1.63. The quantitative estimate of drug-likeness (QED) is 0.471. The van der Waals surface area contributed by atoms with Crippen molar-refractivity contribution in [2.45, 2.75) is 30.2 Å². The second-order valence-corrected chi connectivity index (χ2v) is 8.83. The SMILES string of the molecule is COc1ccc([C@@H]2[C@@H](CC[C@H](O)c3ccc(F)cc3)SC(=O)N2c2ccccc2)c(O)c1. The van der Waals surface area contributed by atoms with Crippen LogP contribution in [-0.4, -0.2) is 27.8 Å². The summed E-state index contributed by atoms with van der Waals surface area (Å²) in [6.45, 7) is 0. The van der Waals surface area contributed by atoms with E-state index in [0.717, 1.165) is 5.69 Å². The molecule has 0 saturated carbocycles. The molecule has 3 atom stereocenters. The van der Waals surface area contributed by atoms with Crippen LogP contribution < -0.4 is 9.64 Å². The van der Waals surface area contributed by atoms with Gasteiger partial charge in [0.15, 0.2) is 0 Å². The zero-order valence-electron chi connectivity index (χ0n) is 17.5. The van der Waals surface area contributed by atoms with E-state index in [2.05, 4.69) is 0 Å². The fourth-order valence-corrected chi connectivity index (χ4v) is 5.26. The van der Waals surface area contributed by atoms with Crippen molar-refractivity contribution in [1.82, 2.24) is 0 Å². The number of benzene rings is 3. The van der Waals surface area contributed by atoms with Crippen LogP contribution in [0.3, 0.4) is 0 Å². The van der Waals surface area contributed by atoms with Crippen LogP contribution in [0.5, 0.6) is 11.5 Å². The molecule has 3 aromatic carbocycles. The summed E-state index contributed by atoms with van der Waals surface area (Å²) >= 11 is 1.20. The molecule has 1 heterocycles. The van der Waals surface area contributed by atoms with Crippen LogP contribution in [0.4, 0.5) is 14.9 Å². The van der Waals surface area contributed by atoms with Crippen molar-refractivity contribution >= 4 is 22.7 Å². The fourth-order valence-electron chi connectivity index (χ4n) is 4.02. The Bertz CT molecular complexity index is 1080. The van der Waals surface area contributed by atoms with E-state index in [1.54, 1.807) is 29.2 Å². The van der Waals surface area contributed by atoms with Gasteiger partial charge in [0, 0.05) is 22.6 Å². The molecule has 32 heavy (non-hydrogen) atoms. The average Bonchev–Trinajstić information content (AvgIpc) is 3.14. The molecule has 166 valence electrons. The summed E-state index contributed by atoms with van der Waals surface area (Å²) in [4.78, 5) is 14.7. The highest BCUT2D eigenvalue weighted by Crippen LogP contribution is 2.49. The van der Waals surface area contributed by atoms with Crippen LogP contribution >= 0.6 is 11.8 Å². The van der Waals surface area contributed by atoms with Gasteiger partial charge in [0.25, 0.3) is 5.24 Å². The van der Waals surface area contributed by atoms with Gasteiger partial charge >= 0.3 is 0 Å². The first-order valence-corrected chi connectivity index (χ1v) is 11.2. The average molecular weight is 454 g/mol. The predicted octanol–water partition coefficient (Wildman–Crippen LogP) is 5.84. The minimum absolute atomic E-state index is 0.0506. The molecule has 3 aromatic rings. The Morgan fingerprint density at radius 3 is 2.47 bits per heavy atom. The monoisotopic (exact) mass is 453 g/mol. The maximum atomic E-state index is 13.2. The minimum atomic E-state index is -0.776. The van der Waals surface area contributed by atoms with Gasteiger partial charge in [0.1, 0.15) is 17.3 Å². The Hall–Kier alpha value is -3.03. The number of amides is 1. The normalized spacial score (nSPS) is 19.2. The van der Waals surface area contributed by atoms with Gasteiger partial charge < -0.3 is 14.9 Å². The molecule has 0 spiro atoms. The third-order valence-electron chi connectivity index (χ3n) is 5.65. The first-order valence-electron chi connectivity index (χ1n) is 10.3. The van der Waals surface area contributed by atoms with Gasteiger partial charge in [-0.05, 0) is 54.8 Å². The molecule has 0 aliphatic carbocycles. The molecule has 0 radical (unpaired) electrons. The number of ether oxygens (including phenoxy) is 1. The van der Waals surface area contributed by atoms with Crippen molar-refractivity contribution in [2.24, 2.45) is 0 Å². The molecule has 1 saturated heterocycles. The Kier molecular flexibility index (Phi) is 6.67. The largest absolute Gasteiger partial charge is 0.507 e. The lowest BCUT2D eigenvalue weighted by molar-refractivity contribution is 0.163. The topological polar surface area (TPSA) is 70.0 Å². The van der Waals surface area contributed by atoms with Crippen LogP contribution in [0.15, 0.2) is 72.8 Å². The van der Waals surface area contributed by atoms with Crippen molar-refractivity contribution in [2.75, 3.05) is 12.0 Å². The number of phenolic OH excluding ortho intramolecular Hbond substituents is 1. The summed E-state index contributed by atoms with van der Waals surface area (Å²) < 4.78 is 18.4. The van der Waals surface area contributed by atoms with E-state index in [9.17, 15) is 19.4 Å². The van der Waals surface area contributed by atoms with Crippen molar-refractivity contribution in [3.8, 4) is 11.5 Å². The van der Waals surface area contributed by atoms with Gasteiger partial charge in [-0.1, -0.05) is 42.1 Å². The molecule has 1 fully saturated rings. The number of aliphatic hydroxyl groups is 1. The van der Waals surface area contributed by atoms with Crippen LogP contribution in [0.2, 0.25) is 0 Å². The van der Waals surface area contributed by atoms with Gasteiger partial charge in [-0.25, -0.2) is 4.39 Å². The predicted molar refractivity (Wildman–Crippen MR) is 124 cm³/mol. The number of phenols is 1. The van der Waals surface area contributed by atoms with Crippen molar-refractivity contribution in [3.63, 3.8) is 0 Å². The lowest BCUT2D eigenvalue weighted by Crippen LogP contribution is -2.29. The zero-order valence-corrected chi connectivity index (χ0v) is 18.3. The Labute approximate surface area is 190 Å². The number of para-hydroxylation sites is 1. The highest BCUT2D eigenvalue weighted by molar-refractivity contribution is 8.14. The van der Waals surface area contributed by atoms with E-state index in [1.165, 1.54) is 37.1 Å². The molecule has 0 aromatic heterocycles. The van der Waals surface area contributed by atoms with E-state index in [4.69, 9.17) is 4.74 Å². The molecule has 0 unspecified atom stereocenters. The van der Waals surface area contributed by atoms with Crippen molar-refractivity contribution < 1.29 is 24.1 Å². The number of rotatable bonds is 7. The number of hydrogen-bond acceptors (Lipinski definition) is 5. The van der Waals surface area contributed by atoms with Crippen LogP contribution in [0.1, 0.15) is 36.1 Å². The number of halogens is 1. The van der Waals surface area contributed by atoms with Crippen molar-refractivity contribution in [1.29, 1.82) is 0 Å². The summed E-state index contributed by atoms with van der Waals surface area (Å²) in [6, 6.07) is 19.8. The summed E-state index contributed by atoms with van der Waals surface area (Å²) in [5.74, 6) is 0.221. The third-order valence-corrected chi connectivity index (χ3v) is 6.84. The number of carbonyl (C=O) groups is 1. The molecule has 4 rings (SSSR count). The lowest BCUT2D eigenvalue weighted by Gasteiger charge is -2.28. The van der Waals surface area contributed by atoms with Gasteiger partial charge in [0.05, 0.1) is 19.3 Å². The lowest BCUT2D eigenvalue weighted by atomic mass is 9.95. The fraction of sp³-hybridized carbons (Fsp3) is 0.240. The number of anilines is 1. The Morgan fingerprint density at radius 1 is 1.09 bits per heavy atom. The maximum Gasteiger partial charge on any atom is 0.287 e. The van der Waals surface area contributed by atoms with E-state index in [0.29, 0.717) is 29.7 Å². The standard InChI is InChI=1S/C25H24FNO4S/c1-31-19-11-12-20(22(29)15-19)24-23(14-13-21(28)16-7-9-17(26)10-8-16)32-25(30)27(24)18-5-3-2-4-6-18/h2-12,15,21,23-24,28-29H,13-14H2,1H3/t21-,23+,24+/m0/s1. The molecule has 5 nitrogen and oxygen atoms in total. The van der Waals surface area contributed by atoms with Crippen LogP contribution in [0, 0.1) is 5.82 Å². The number of methoxy groups -OCH3 is 1. The molecule has 1 aliphatic rings. The van der Waals surface area contributed by atoms with Crippen LogP contribution in [-0.2, 0) is 0 Å². The molecule has 1 amide bonds. The Morgan fingerprint density at radius 2 is 1.81 bits per heavy atom. The molecular weight excluding hydrogens is 429 g/mol. The van der Waals surface area contributed by atoms with Gasteiger partial charge in [-0.2, -0.15) is 0 Å². The van der Waals surface area contributed by atoms with E-state index in [-0.39, 0.29) is 22.1 Å². The summed E-state index contributed by atoms with van der Waals surface area (Å²) in [5.41, 5.74) is 1.99. The minimum Gasteiger partial charge on any atom is -0.507 e. The number of hydrogen-bond donors (Lipinski definition) is 2. The van der Waals surface area contributed by atoms with Crippen molar-refractivity contribution in [3.05, 3.63) is 89.7 Å². The summed E-state index contributed by atoms with van der Waals surface area (Å²) in [5, 5.41) is 21.0. The third kappa shape index (κ3) is 4.59. The van der Waals surface area contributed by atoms with Gasteiger partial charge in [0.2, 0.25) is 0 Å². The number of aromatic hydroxyl groups is 1. The highest BCUT2D eigenvalue weighted by Gasteiger charge is 2.43.